The number of benzene rings is 2. The van der Waals surface area contributed by atoms with Gasteiger partial charge < -0.3 is 10.1 Å². The molecular weight excluding hydrogens is 384 g/mol. The summed E-state index contributed by atoms with van der Waals surface area (Å²) < 4.78 is 7.00. The molecule has 4 rings (SSSR count). The summed E-state index contributed by atoms with van der Waals surface area (Å²) >= 11 is 0. The van der Waals surface area contributed by atoms with Gasteiger partial charge >= 0.3 is 12.0 Å². The molecule has 0 saturated carbocycles. The summed E-state index contributed by atoms with van der Waals surface area (Å²) in [6.45, 7) is 2.09. The van der Waals surface area contributed by atoms with Crippen molar-refractivity contribution in [3.05, 3.63) is 72.4 Å². The van der Waals surface area contributed by atoms with Crippen molar-refractivity contribution in [2.45, 2.75) is 13.0 Å². The Bertz CT molecular complexity index is 1080. The van der Waals surface area contributed by atoms with Gasteiger partial charge in [-0.25, -0.2) is 14.3 Å². The lowest BCUT2D eigenvalue weighted by molar-refractivity contribution is -0.136. The van der Waals surface area contributed by atoms with E-state index in [0.717, 1.165) is 16.2 Å². The molecule has 2 heterocycles. The largest absolute Gasteiger partial charge is 0.449 e. The fourth-order valence-electron chi connectivity index (χ4n) is 3.22. The van der Waals surface area contributed by atoms with Crippen molar-refractivity contribution in [1.82, 2.24) is 20.0 Å². The molecule has 2 aromatic carbocycles. The van der Waals surface area contributed by atoms with Crippen LogP contribution in [0.1, 0.15) is 17.3 Å². The van der Waals surface area contributed by atoms with Crippen LogP contribution in [-0.2, 0) is 9.53 Å². The smallest absolute Gasteiger partial charge is 0.342 e. The van der Waals surface area contributed by atoms with E-state index in [2.05, 4.69) is 10.4 Å². The second-order valence-electron chi connectivity index (χ2n) is 6.81. The zero-order valence-electron chi connectivity index (χ0n) is 16.3. The van der Waals surface area contributed by atoms with E-state index < -0.39 is 24.0 Å². The minimum atomic E-state index is -1.11. The van der Waals surface area contributed by atoms with Crippen molar-refractivity contribution >= 4 is 17.9 Å². The number of hydrogen-bond donors (Lipinski definition) is 1. The zero-order chi connectivity index (χ0) is 21.1. The van der Waals surface area contributed by atoms with Crippen molar-refractivity contribution in [3.8, 4) is 16.9 Å². The fraction of sp³-hybridized carbons (Fsp3) is 0.182. The molecule has 0 spiro atoms. The summed E-state index contributed by atoms with van der Waals surface area (Å²) in [5.74, 6) is -1.24. The van der Waals surface area contributed by atoms with Crippen molar-refractivity contribution < 1.29 is 19.1 Å². The van der Waals surface area contributed by atoms with Gasteiger partial charge in [-0.05, 0) is 19.1 Å². The molecule has 1 atom stereocenters. The molecule has 8 heteroatoms. The van der Waals surface area contributed by atoms with Gasteiger partial charge in [0.2, 0.25) is 0 Å². The highest BCUT2D eigenvalue weighted by molar-refractivity contribution is 6.01. The highest BCUT2D eigenvalue weighted by Crippen LogP contribution is 2.25. The molecule has 0 radical (unpaired) electrons. The normalized spacial score (nSPS) is 14.3. The maximum Gasteiger partial charge on any atom is 0.342 e. The van der Waals surface area contributed by atoms with Crippen LogP contribution in [0.15, 0.2) is 66.9 Å². The van der Waals surface area contributed by atoms with E-state index >= 15 is 0 Å². The van der Waals surface area contributed by atoms with Crippen molar-refractivity contribution in [3.63, 3.8) is 0 Å². The van der Waals surface area contributed by atoms with Crippen LogP contribution < -0.4 is 5.32 Å². The van der Waals surface area contributed by atoms with Crippen LogP contribution in [0.2, 0.25) is 0 Å². The summed E-state index contributed by atoms with van der Waals surface area (Å²) in [6, 6.07) is 18.2. The number of carbonyl (C=O) groups excluding carboxylic acids is 3. The van der Waals surface area contributed by atoms with Crippen molar-refractivity contribution in [2.75, 3.05) is 13.1 Å². The number of ether oxygens (including phenoxy) is 1. The SMILES string of the molecule is C[C@@H](OC(=O)c1cn(-c2ccccc2)nc1-c1ccccc1)C(=O)N1CCNC1=O. The number of urea groups is 1. The number of esters is 1. The molecule has 3 amide bonds. The van der Waals surface area contributed by atoms with Crippen LogP contribution in [0.5, 0.6) is 0 Å². The topological polar surface area (TPSA) is 93.5 Å². The molecule has 1 aliphatic heterocycles. The zero-order valence-corrected chi connectivity index (χ0v) is 16.3. The highest BCUT2D eigenvalue weighted by atomic mass is 16.5. The van der Waals surface area contributed by atoms with Crippen LogP contribution in [0.4, 0.5) is 4.79 Å². The molecule has 8 nitrogen and oxygen atoms in total. The van der Waals surface area contributed by atoms with Crippen LogP contribution in [0, 0.1) is 0 Å². The van der Waals surface area contributed by atoms with E-state index in [0.29, 0.717) is 12.2 Å². The van der Waals surface area contributed by atoms with E-state index in [1.54, 1.807) is 10.9 Å². The molecule has 30 heavy (non-hydrogen) atoms. The van der Waals surface area contributed by atoms with Gasteiger partial charge in [0.25, 0.3) is 5.91 Å². The Morgan fingerprint density at radius 3 is 2.37 bits per heavy atom. The highest BCUT2D eigenvalue weighted by Gasteiger charge is 2.32. The number of imide groups is 1. The Morgan fingerprint density at radius 1 is 1.07 bits per heavy atom. The summed E-state index contributed by atoms with van der Waals surface area (Å²) in [6.07, 6.45) is 0.477. The second-order valence-corrected chi connectivity index (χ2v) is 6.81. The fourth-order valence-corrected chi connectivity index (χ4v) is 3.22. The van der Waals surface area contributed by atoms with Crippen LogP contribution in [-0.4, -0.2) is 51.8 Å². The van der Waals surface area contributed by atoms with E-state index in [1.165, 1.54) is 6.92 Å². The summed E-state index contributed by atoms with van der Waals surface area (Å²) in [7, 11) is 0. The minimum absolute atomic E-state index is 0.232. The Hall–Kier alpha value is -3.94. The molecule has 0 unspecified atom stereocenters. The molecule has 3 aromatic rings. The third kappa shape index (κ3) is 3.80. The van der Waals surface area contributed by atoms with Gasteiger partial charge in [0.1, 0.15) is 11.3 Å². The van der Waals surface area contributed by atoms with E-state index in [4.69, 9.17) is 4.74 Å². The van der Waals surface area contributed by atoms with E-state index in [-0.39, 0.29) is 12.1 Å². The third-order valence-electron chi connectivity index (χ3n) is 4.76. The summed E-state index contributed by atoms with van der Waals surface area (Å²) in [5, 5.41) is 7.12. The molecule has 1 saturated heterocycles. The lowest BCUT2D eigenvalue weighted by Crippen LogP contribution is -2.41. The van der Waals surface area contributed by atoms with Crippen molar-refractivity contribution in [1.29, 1.82) is 0 Å². The number of rotatable bonds is 5. The van der Waals surface area contributed by atoms with Gasteiger partial charge in [-0.2, -0.15) is 5.10 Å². The molecule has 1 N–H and O–H groups in total. The monoisotopic (exact) mass is 404 g/mol. The van der Waals surface area contributed by atoms with Crippen LogP contribution >= 0.6 is 0 Å². The molecule has 1 aromatic heterocycles. The summed E-state index contributed by atoms with van der Waals surface area (Å²) in [4.78, 5) is 38.2. The minimum Gasteiger partial charge on any atom is -0.449 e. The van der Waals surface area contributed by atoms with Gasteiger partial charge in [-0.15, -0.1) is 0 Å². The first-order valence-corrected chi connectivity index (χ1v) is 9.55. The predicted octanol–water partition coefficient (Wildman–Crippen LogP) is 2.64. The molecule has 0 bridgehead atoms. The van der Waals surface area contributed by atoms with E-state index in [1.807, 2.05) is 60.7 Å². The quantitative estimate of drug-likeness (QED) is 0.660. The first-order chi connectivity index (χ1) is 14.5. The van der Waals surface area contributed by atoms with E-state index in [9.17, 15) is 14.4 Å². The Kier molecular flexibility index (Phi) is 5.30. The number of hydrogen-bond acceptors (Lipinski definition) is 5. The average Bonchev–Trinajstić information content (AvgIpc) is 3.41. The number of nitrogens with zero attached hydrogens (tertiary/aromatic N) is 3. The Labute approximate surface area is 173 Å². The lowest BCUT2D eigenvalue weighted by Gasteiger charge is -2.18. The lowest BCUT2D eigenvalue weighted by atomic mass is 10.1. The van der Waals surface area contributed by atoms with Gasteiger partial charge in [0.15, 0.2) is 6.10 Å². The number of para-hydroxylation sites is 1. The number of amides is 3. The first kappa shape index (κ1) is 19.4. The maximum atomic E-state index is 12.9. The average molecular weight is 404 g/mol. The number of nitrogens with one attached hydrogen (secondary N) is 1. The standard InChI is InChI=1S/C22H20N4O4/c1-15(20(27)25-13-12-23-22(25)29)30-21(28)18-14-26(17-10-6-3-7-11-17)24-19(18)16-8-4-2-5-9-16/h2-11,14-15H,12-13H2,1H3,(H,23,29)/t15-/m1/s1. The first-order valence-electron chi connectivity index (χ1n) is 9.55. The van der Waals surface area contributed by atoms with Gasteiger partial charge in [-0.1, -0.05) is 48.5 Å². The molecule has 1 fully saturated rings. The van der Waals surface area contributed by atoms with Crippen LogP contribution in [0.3, 0.4) is 0 Å². The van der Waals surface area contributed by atoms with Crippen LogP contribution in [0.25, 0.3) is 16.9 Å². The predicted molar refractivity (Wildman–Crippen MR) is 109 cm³/mol. The van der Waals surface area contributed by atoms with Crippen molar-refractivity contribution in [2.24, 2.45) is 0 Å². The number of aromatic nitrogens is 2. The molecule has 152 valence electrons. The third-order valence-corrected chi connectivity index (χ3v) is 4.76. The molecule has 0 aliphatic carbocycles. The maximum absolute atomic E-state index is 12.9. The number of carbonyl (C=O) groups is 3. The van der Waals surface area contributed by atoms with Gasteiger partial charge in [0.05, 0.1) is 5.69 Å². The second kappa shape index (κ2) is 8.20. The van der Waals surface area contributed by atoms with Gasteiger partial charge in [-0.3, -0.25) is 9.69 Å². The molecule has 1 aliphatic rings. The Morgan fingerprint density at radius 2 is 1.73 bits per heavy atom. The Balaban J connectivity index is 1.63. The molecular formula is C22H20N4O4. The van der Waals surface area contributed by atoms with Gasteiger partial charge in [0, 0.05) is 24.8 Å². The summed E-state index contributed by atoms with van der Waals surface area (Å²) in [5.41, 5.74) is 2.21.